The van der Waals surface area contributed by atoms with E-state index in [4.69, 9.17) is 0 Å². The second-order valence-electron chi connectivity index (χ2n) is 15.4. The van der Waals surface area contributed by atoms with Crippen molar-refractivity contribution in [3.05, 3.63) is 253 Å². The summed E-state index contributed by atoms with van der Waals surface area (Å²) in [5.74, 6) is 0. The first-order valence-electron chi connectivity index (χ1n) is 21.1. The van der Waals surface area contributed by atoms with Gasteiger partial charge < -0.3 is 0 Å². The Hall–Kier alpha value is -5.51. The van der Waals surface area contributed by atoms with Crippen molar-refractivity contribution in [2.45, 2.75) is 20.8 Å². The molecule has 0 aliphatic rings. The first-order valence-corrected chi connectivity index (χ1v) is 26.8. The minimum absolute atomic E-state index is 0.787. The lowest BCUT2D eigenvalue weighted by molar-refractivity contribution is 1.52. The largest absolute Gasteiger partial charge is 0.134 e. The Labute approximate surface area is 367 Å². The van der Waals surface area contributed by atoms with Gasteiger partial charge in [-0.05, 0) is 125 Å². The minimum atomic E-state index is -2.17. The van der Waals surface area contributed by atoms with Gasteiger partial charge in [0.25, 0.3) is 0 Å². The molecule has 61 heavy (non-hydrogen) atoms. The van der Waals surface area contributed by atoms with Gasteiger partial charge in [0.2, 0.25) is 0 Å². The van der Waals surface area contributed by atoms with Crippen LogP contribution in [0.25, 0.3) is 0 Å². The highest BCUT2D eigenvalue weighted by Gasteiger charge is 2.31. The molecule has 0 heterocycles. The molecule has 0 aliphatic heterocycles. The minimum Gasteiger partial charge on any atom is -0.0622 e. The number of rotatable bonds is 12. The molecule has 0 saturated carbocycles. The topological polar surface area (TPSA) is 0 Å². The summed E-state index contributed by atoms with van der Waals surface area (Å²) in [6, 6.07) is 88.9. The molecule has 0 amide bonds. The van der Waals surface area contributed by atoms with Crippen LogP contribution in [0.15, 0.2) is 237 Å². The Kier molecular flexibility index (Phi) is 12.8. The molecule has 0 saturated heterocycles. The Bertz CT molecular complexity index is 2400. The molecule has 0 radical (unpaired) electrons. The van der Waals surface area contributed by atoms with E-state index in [0.29, 0.717) is 0 Å². The normalized spacial score (nSPS) is 11.5. The van der Waals surface area contributed by atoms with Crippen molar-refractivity contribution in [1.82, 2.24) is 0 Å². The number of benzene rings is 9. The maximum atomic E-state index is 2.48. The summed E-state index contributed by atoms with van der Waals surface area (Å²) in [6.07, 6.45) is 0. The van der Waals surface area contributed by atoms with E-state index in [1.165, 1.54) is 80.0 Å². The molecule has 0 aliphatic carbocycles. The SMILES string of the molecule is Cc1c([SiH](c2cccc(P(c3ccccc3)c3ccccc3)c2C)c2cccc(P(c3ccccc3)c3ccccc3)c2C)cccc1P(c1ccccc1)c1ccccc1. The van der Waals surface area contributed by atoms with Crippen LogP contribution in [0.3, 0.4) is 0 Å². The molecule has 0 atom stereocenters. The lowest BCUT2D eigenvalue weighted by Crippen LogP contribution is -2.57. The molecular formula is C57H49P3Si. The summed E-state index contributed by atoms with van der Waals surface area (Å²) < 4.78 is 0. The van der Waals surface area contributed by atoms with Gasteiger partial charge in [0.15, 0.2) is 0 Å². The zero-order chi connectivity index (χ0) is 41.5. The number of hydrogen-bond donors (Lipinski definition) is 0. The van der Waals surface area contributed by atoms with Gasteiger partial charge in [-0.1, -0.05) is 237 Å². The predicted octanol–water partition coefficient (Wildman–Crippen LogP) is 8.13. The zero-order valence-electron chi connectivity index (χ0n) is 34.9. The van der Waals surface area contributed by atoms with Gasteiger partial charge in [-0.3, -0.25) is 0 Å². The van der Waals surface area contributed by atoms with E-state index in [1.54, 1.807) is 0 Å². The lowest BCUT2D eigenvalue weighted by atomic mass is 10.2. The summed E-state index contributed by atoms with van der Waals surface area (Å²) in [5, 5.41) is 17.1. The van der Waals surface area contributed by atoms with E-state index in [1.807, 2.05) is 0 Å². The lowest BCUT2D eigenvalue weighted by Gasteiger charge is -2.30. The molecule has 0 nitrogen and oxygen atoms in total. The molecule has 0 spiro atoms. The van der Waals surface area contributed by atoms with Crippen LogP contribution in [0.2, 0.25) is 0 Å². The van der Waals surface area contributed by atoms with E-state index in [-0.39, 0.29) is 0 Å². The molecule has 0 unspecified atom stereocenters. The monoisotopic (exact) mass is 854 g/mol. The fourth-order valence-electron chi connectivity index (χ4n) is 8.83. The van der Waals surface area contributed by atoms with Gasteiger partial charge in [-0.2, -0.15) is 0 Å². The van der Waals surface area contributed by atoms with Crippen LogP contribution in [-0.4, -0.2) is 8.80 Å². The van der Waals surface area contributed by atoms with Crippen molar-refractivity contribution in [2.24, 2.45) is 0 Å². The van der Waals surface area contributed by atoms with E-state index in [9.17, 15) is 0 Å². The van der Waals surface area contributed by atoms with Crippen molar-refractivity contribution in [2.75, 3.05) is 0 Å². The van der Waals surface area contributed by atoms with Crippen LogP contribution in [0.5, 0.6) is 0 Å². The molecule has 0 aromatic heterocycles. The summed E-state index contributed by atoms with van der Waals surface area (Å²) in [6.45, 7) is 7.27. The van der Waals surface area contributed by atoms with Gasteiger partial charge in [-0.15, -0.1) is 0 Å². The maximum Gasteiger partial charge on any atom is 0.134 e. The third-order valence-electron chi connectivity index (χ3n) is 11.8. The molecule has 0 bridgehead atoms. The highest BCUT2D eigenvalue weighted by atomic mass is 31.1. The first kappa shape index (κ1) is 40.9. The van der Waals surface area contributed by atoms with E-state index in [2.05, 4.69) is 257 Å². The fraction of sp³-hybridized carbons (Fsp3) is 0.0526. The smallest absolute Gasteiger partial charge is 0.0622 e. The van der Waals surface area contributed by atoms with Gasteiger partial charge in [0.05, 0.1) is 0 Å². The highest BCUT2D eigenvalue weighted by Crippen LogP contribution is 2.36. The van der Waals surface area contributed by atoms with E-state index in [0.717, 1.165) is 0 Å². The summed E-state index contributed by atoms with van der Waals surface area (Å²) in [4.78, 5) is 0. The van der Waals surface area contributed by atoms with Crippen LogP contribution in [-0.2, 0) is 0 Å². The molecule has 9 aromatic carbocycles. The van der Waals surface area contributed by atoms with E-state index < -0.39 is 32.6 Å². The Balaban J connectivity index is 1.30. The predicted molar refractivity (Wildman–Crippen MR) is 276 cm³/mol. The van der Waals surface area contributed by atoms with Crippen LogP contribution in [0, 0.1) is 20.8 Å². The van der Waals surface area contributed by atoms with E-state index >= 15 is 0 Å². The van der Waals surface area contributed by atoms with Crippen molar-refractivity contribution >= 4 is 95.9 Å². The standard InChI is InChI=1S/C57H49P3Si/c1-43-52(58(46-25-10-4-11-26-46)47-27-12-5-13-28-47)37-22-40-55(43)61(56-41-23-38-53(44(56)2)59(48-29-14-6-15-30-48)49-31-16-7-17-32-49)57-42-24-39-54(45(57)3)60(50-33-18-8-19-34-50)51-35-20-9-21-36-51/h4-42,61H,1-3H3. The van der Waals surface area contributed by atoms with Crippen LogP contribution < -0.4 is 63.3 Å². The van der Waals surface area contributed by atoms with Gasteiger partial charge in [0.1, 0.15) is 8.80 Å². The van der Waals surface area contributed by atoms with Crippen molar-refractivity contribution in [3.63, 3.8) is 0 Å². The molecule has 296 valence electrons. The maximum absolute atomic E-state index is 2.48. The second-order valence-corrected chi connectivity index (χ2v) is 24.7. The summed E-state index contributed by atoms with van der Waals surface area (Å²) in [5.41, 5.74) is 4.28. The molecule has 9 aromatic rings. The zero-order valence-corrected chi connectivity index (χ0v) is 38.8. The van der Waals surface area contributed by atoms with Crippen LogP contribution in [0.4, 0.5) is 0 Å². The van der Waals surface area contributed by atoms with Crippen molar-refractivity contribution in [1.29, 1.82) is 0 Å². The fourth-order valence-corrected chi connectivity index (χ4v) is 20.4. The molecule has 0 N–H and O–H groups in total. The Morgan fingerprint density at radius 3 is 0.623 bits per heavy atom. The third kappa shape index (κ3) is 8.55. The van der Waals surface area contributed by atoms with Crippen molar-refractivity contribution in [3.8, 4) is 0 Å². The van der Waals surface area contributed by atoms with Crippen LogP contribution in [0.1, 0.15) is 16.7 Å². The molecule has 4 heteroatoms. The van der Waals surface area contributed by atoms with Gasteiger partial charge in [-0.25, -0.2) is 0 Å². The Morgan fingerprint density at radius 1 is 0.230 bits per heavy atom. The molecule has 9 rings (SSSR count). The highest BCUT2D eigenvalue weighted by molar-refractivity contribution is 7.80. The number of hydrogen-bond acceptors (Lipinski definition) is 0. The van der Waals surface area contributed by atoms with Gasteiger partial charge >= 0.3 is 0 Å². The average molecular weight is 855 g/mol. The summed E-state index contributed by atoms with van der Waals surface area (Å²) >= 11 is 0. The quantitative estimate of drug-likeness (QED) is 0.0662. The van der Waals surface area contributed by atoms with Gasteiger partial charge in [0, 0.05) is 0 Å². The third-order valence-corrected chi connectivity index (χ3v) is 23.3. The first-order chi connectivity index (χ1) is 30.1. The molecular weight excluding hydrogens is 806 g/mol. The average Bonchev–Trinajstić information content (AvgIpc) is 3.32. The second kappa shape index (κ2) is 19.0. The molecule has 0 fully saturated rings. The Morgan fingerprint density at radius 2 is 0.426 bits per heavy atom. The van der Waals surface area contributed by atoms with Crippen LogP contribution >= 0.6 is 23.8 Å². The summed E-state index contributed by atoms with van der Waals surface area (Å²) in [7, 11) is -4.53. The van der Waals surface area contributed by atoms with Crippen molar-refractivity contribution < 1.29 is 0 Å².